The molecule has 0 aliphatic carbocycles. The van der Waals surface area contributed by atoms with Gasteiger partial charge in [0.25, 0.3) is 0 Å². The number of likely N-dealkylation sites (tertiary alicyclic amines) is 1. The number of hydrogen-bond donors (Lipinski definition) is 0. The highest BCUT2D eigenvalue weighted by molar-refractivity contribution is 6.54. The third-order valence-electron chi connectivity index (χ3n) is 6.24. The van der Waals surface area contributed by atoms with E-state index < -0.39 is 12.3 Å². The number of alkyl halides is 2. The summed E-state index contributed by atoms with van der Waals surface area (Å²) >= 11 is 0. The van der Waals surface area contributed by atoms with Gasteiger partial charge in [-0.15, -0.1) is 0 Å². The molecule has 146 valence electrons. The Bertz CT molecular complexity index is 559. The van der Waals surface area contributed by atoms with Crippen LogP contribution in [0, 0.1) is 5.92 Å². The van der Waals surface area contributed by atoms with Gasteiger partial charge in [-0.1, -0.05) is 6.08 Å². The van der Waals surface area contributed by atoms with Gasteiger partial charge >= 0.3 is 13.1 Å². The summed E-state index contributed by atoms with van der Waals surface area (Å²) in [5.41, 5.74) is 0.324. The van der Waals surface area contributed by atoms with Gasteiger partial charge in [-0.05, 0) is 52.4 Å². The molecule has 0 N–H and O–H groups in total. The molecule has 3 rings (SSSR count). The summed E-state index contributed by atoms with van der Waals surface area (Å²) in [5, 5.41) is 0. The van der Waals surface area contributed by atoms with Gasteiger partial charge in [0.1, 0.15) is 0 Å². The maximum absolute atomic E-state index is 12.8. The minimum Gasteiger partial charge on any atom is -0.400 e. The van der Waals surface area contributed by atoms with E-state index in [0.717, 1.165) is 5.47 Å². The molecule has 0 radical (unpaired) electrons. The van der Waals surface area contributed by atoms with Crippen molar-refractivity contribution < 1.29 is 22.9 Å². The van der Waals surface area contributed by atoms with Crippen LogP contribution in [0.2, 0.25) is 0 Å². The third kappa shape index (κ3) is 3.76. The first-order chi connectivity index (χ1) is 12.1. The van der Waals surface area contributed by atoms with E-state index in [9.17, 15) is 13.6 Å². The summed E-state index contributed by atoms with van der Waals surface area (Å²) < 4.78 is 37.7. The molecule has 0 aromatic carbocycles. The predicted octanol–water partition coefficient (Wildman–Crippen LogP) is 3.35. The minimum absolute atomic E-state index is 0.0538. The molecule has 0 aromatic heterocycles. The van der Waals surface area contributed by atoms with Crippen LogP contribution in [0.15, 0.2) is 11.5 Å². The van der Waals surface area contributed by atoms with Crippen LogP contribution in [-0.2, 0) is 9.31 Å². The average molecular weight is 370 g/mol. The molecule has 3 heterocycles. The van der Waals surface area contributed by atoms with Gasteiger partial charge in [0, 0.05) is 32.1 Å². The highest BCUT2D eigenvalue weighted by Gasteiger charge is 2.52. The third-order valence-corrected chi connectivity index (χ3v) is 6.24. The van der Waals surface area contributed by atoms with Gasteiger partial charge in [0.2, 0.25) is 6.43 Å². The SMILES string of the molecule is CC1(C)OB(C2=CCN(C(=O)N3CCC(C(F)F)CC3)CC2)OC1(C)C. The van der Waals surface area contributed by atoms with Gasteiger partial charge in [0.15, 0.2) is 0 Å². The lowest BCUT2D eigenvalue weighted by molar-refractivity contribution is 0.00578. The molecule has 0 spiro atoms. The molecule has 3 aliphatic heterocycles. The smallest absolute Gasteiger partial charge is 0.400 e. The van der Waals surface area contributed by atoms with Gasteiger partial charge < -0.3 is 19.1 Å². The van der Waals surface area contributed by atoms with Crippen molar-refractivity contribution in [3.8, 4) is 0 Å². The quantitative estimate of drug-likeness (QED) is 0.701. The monoisotopic (exact) mass is 370 g/mol. The Labute approximate surface area is 154 Å². The molecule has 2 amide bonds. The Morgan fingerprint density at radius 1 is 1.12 bits per heavy atom. The number of nitrogens with zero attached hydrogens (tertiary/aromatic N) is 2. The van der Waals surface area contributed by atoms with Crippen molar-refractivity contribution in [1.82, 2.24) is 9.80 Å². The Morgan fingerprint density at radius 2 is 1.69 bits per heavy atom. The summed E-state index contributed by atoms with van der Waals surface area (Å²) in [5.74, 6) is -0.574. The van der Waals surface area contributed by atoms with E-state index in [1.165, 1.54) is 0 Å². The second-order valence-corrected chi connectivity index (χ2v) is 8.50. The molecule has 2 fully saturated rings. The summed E-state index contributed by atoms with van der Waals surface area (Å²) in [6.45, 7) is 10.0. The van der Waals surface area contributed by atoms with E-state index in [-0.39, 0.29) is 24.4 Å². The van der Waals surface area contributed by atoms with Crippen molar-refractivity contribution in [3.63, 3.8) is 0 Å². The molecule has 0 bridgehead atoms. The number of halogens is 2. The molecular weight excluding hydrogens is 341 g/mol. The zero-order valence-corrected chi connectivity index (χ0v) is 16.1. The summed E-state index contributed by atoms with van der Waals surface area (Å²) in [7, 11) is -0.362. The fourth-order valence-corrected chi connectivity index (χ4v) is 3.61. The standard InChI is InChI=1S/C18H29BF2N2O3/c1-17(2)18(3,4)26-19(25-17)14-7-11-23(12-8-14)16(24)22-9-5-13(6-10-22)15(20)21/h7,13,15H,5-6,8-12H2,1-4H3. The zero-order chi connectivity index (χ0) is 19.1. The Balaban J connectivity index is 1.54. The number of carbonyl (C=O) groups is 1. The van der Waals surface area contributed by atoms with Crippen LogP contribution in [0.4, 0.5) is 13.6 Å². The number of urea groups is 1. The predicted molar refractivity (Wildman–Crippen MR) is 96.1 cm³/mol. The number of piperidine rings is 1. The maximum Gasteiger partial charge on any atom is 0.490 e. The fourth-order valence-electron chi connectivity index (χ4n) is 3.61. The molecule has 8 heteroatoms. The maximum atomic E-state index is 12.8. The van der Waals surface area contributed by atoms with Crippen molar-refractivity contribution in [2.24, 2.45) is 5.92 Å². The lowest BCUT2D eigenvalue weighted by atomic mass is 9.75. The van der Waals surface area contributed by atoms with E-state index in [1.807, 2.05) is 33.8 Å². The molecule has 0 aromatic rings. The van der Waals surface area contributed by atoms with Crippen LogP contribution >= 0.6 is 0 Å². The van der Waals surface area contributed by atoms with E-state index in [0.29, 0.717) is 45.4 Å². The molecule has 5 nitrogen and oxygen atoms in total. The topological polar surface area (TPSA) is 42.0 Å². The average Bonchev–Trinajstić information content (AvgIpc) is 2.82. The van der Waals surface area contributed by atoms with Crippen molar-refractivity contribution in [1.29, 1.82) is 0 Å². The van der Waals surface area contributed by atoms with Crippen LogP contribution in [0.3, 0.4) is 0 Å². The van der Waals surface area contributed by atoms with Crippen LogP contribution < -0.4 is 0 Å². The van der Waals surface area contributed by atoms with E-state index in [1.54, 1.807) is 9.80 Å². The molecular formula is C18H29BF2N2O3. The van der Waals surface area contributed by atoms with Gasteiger partial charge in [0.05, 0.1) is 11.2 Å². The first-order valence-electron chi connectivity index (χ1n) is 9.47. The highest BCUT2D eigenvalue weighted by atomic mass is 19.3. The zero-order valence-electron chi connectivity index (χ0n) is 16.1. The minimum atomic E-state index is -2.28. The Morgan fingerprint density at radius 3 is 2.15 bits per heavy atom. The Hall–Kier alpha value is -1.15. The van der Waals surface area contributed by atoms with Gasteiger partial charge in [-0.3, -0.25) is 0 Å². The number of hydrogen-bond acceptors (Lipinski definition) is 3. The van der Waals surface area contributed by atoms with Crippen molar-refractivity contribution >= 4 is 13.1 Å². The van der Waals surface area contributed by atoms with Crippen LogP contribution in [-0.4, -0.2) is 66.8 Å². The first kappa shape index (κ1) is 19.6. The summed E-state index contributed by atoms with van der Waals surface area (Å²) in [6, 6.07) is -0.0538. The Kier molecular flexibility index (Phi) is 5.37. The van der Waals surface area contributed by atoms with Crippen molar-refractivity contribution in [2.45, 2.75) is 64.6 Å². The summed E-state index contributed by atoms with van der Waals surface area (Å²) in [4.78, 5) is 16.1. The van der Waals surface area contributed by atoms with E-state index >= 15 is 0 Å². The normalized spacial score (nSPS) is 26.4. The fraction of sp³-hybridized carbons (Fsp3) is 0.833. The molecule has 0 unspecified atom stereocenters. The van der Waals surface area contributed by atoms with Crippen LogP contribution in [0.1, 0.15) is 47.0 Å². The second-order valence-electron chi connectivity index (χ2n) is 8.50. The molecule has 2 saturated heterocycles. The number of carbonyl (C=O) groups excluding carboxylic acids is 1. The molecule has 0 saturated carbocycles. The molecule has 3 aliphatic rings. The second kappa shape index (κ2) is 7.11. The van der Waals surface area contributed by atoms with Gasteiger partial charge in [-0.25, -0.2) is 13.6 Å². The highest BCUT2D eigenvalue weighted by Crippen LogP contribution is 2.39. The lowest BCUT2D eigenvalue weighted by Crippen LogP contribution is -2.49. The first-order valence-corrected chi connectivity index (χ1v) is 9.47. The van der Waals surface area contributed by atoms with Crippen LogP contribution in [0.25, 0.3) is 0 Å². The largest absolute Gasteiger partial charge is 0.490 e. The van der Waals surface area contributed by atoms with E-state index in [2.05, 4.69) is 0 Å². The van der Waals surface area contributed by atoms with Crippen molar-refractivity contribution in [3.05, 3.63) is 11.5 Å². The molecule has 0 atom stereocenters. The van der Waals surface area contributed by atoms with E-state index in [4.69, 9.17) is 9.31 Å². The van der Waals surface area contributed by atoms with Crippen LogP contribution in [0.5, 0.6) is 0 Å². The number of rotatable bonds is 2. The molecule has 26 heavy (non-hydrogen) atoms. The van der Waals surface area contributed by atoms with Crippen molar-refractivity contribution in [2.75, 3.05) is 26.2 Å². The summed E-state index contributed by atoms with van der Waals surface area (Å²) in [6.07, 6.45) is 1.19. The number of amides is 2. The lowest BCUT2D eigenvalue weighted by Gasteiger charge is -2.36. The van der Waals surface area contributed by atoms with Gasteiger partial charge in [-0.2, -0.15) is 0 Å².